The third-order valence-electron chi connectivity index (χ3n) is 3.67. The minimum Gasteiger partial charge on any atom is -0.434 e. The maximum absolute atomic E-state index is 12.5. The number of halogens is 4. The number of nitrogens with zero attached hydrogens (tertiary/aromatic N) is 1. The van der Waals surface area contributed by atoms with E-state index in [1.165, 1.54) is 37.4 Å². The Kier molecular flexibility index (Phi) is 10.6. The van der Waals surface area contributed by atoms with Crippen molar-refractivity contribution in [1.29, 1.82) is 0 Å². The molecule has 2 N–H and O–H groups in total. The summed E-state index contributed by atoms with van der Waals surface area (Å²) in [6.45, 7) is -2.74. The summed E-state index contributed by atoms with van der Waals surface area (Å²) in [5.41, 5.74) is 0.410. The minimum absolute atomic E-state index is 0. The van der Waals surface area contributed by atoms with Crippen LogP contribution in [0.4, 0.5) is 8.78 Å². The minimum atomic E-state index is -3.42. The van der Waals surface area contributed by atoms with Crippen LogP contribution in [-0.2, 0) is 16.4 Å². The molecule has 0 atom stereocenters. The fraction of sp³-hybridized carbons (Fsp3) is 0.278. The Balaban J connectivity index is 0.00000420. The Labute approximate surface area is 190 Å². The van der Waals surface area contributed by atoms with Crippen molar-refractivity contribution in [2.24, 2.45) is 4.99 Å². The van der Waals surface area contributed by atoms with Crippen LogP contribution in [0.5, 0.6) is 5.75 Å². The topological polar surface area (TPSA) is 79.8 Å². The lowest BCUT2D eigenvalue weighted by Gasteiger charge is -2.15. The largest absolute Gasteiger partial charge is 0.434 e. The second kappa shape index (κ2) is 12.1. The van der Waals surface area contributed by atoms with Gasteiger partial charge in [-0.3, -0.25) is 4.99 Å². The molecule has 0 saturated heterocycles. The number of ether oxygens (including phenoxy) is 1. The third-order valence-corrected chi connectivity index (χ3v) is 5.64. The molecule has 0 aromatic heterocycles. The molecule has 29 heavy (non-hydrogen) atoms. The summed E-state index contributed by atoms with van der Waals surface area (Å²) in [6, 6.07) is 12.4. The molecule has 0 heterocycles. The Bertz CT molecular complexity index is 916. The highest BCUT2D eigenvalue weighted by molar-refractivity contribution is 14.0. The molecule has 0 saturated carbocycles. The van der Waals surface area contributed by atoms with Crippen molar-refractivity contribution < 1.29 is 21.9 Å². The van der Waals surface area contributed by atoms with Crippen LogP contribution in [0.15, 0.2) is 58.4 Å². The van der Waals surface area contributed by atoms with Gasteiger partial charge < -0.3 is 15.4 Å². The molecule has 0 radical (unpaired) electrons. The molecule has 2 rings (SSSR count). The standard InChI is InChI=1S/C18H20ClF2N3O3S.HI/c1-22-18(23-9-10-28(25,26)15-5-3-2-4-6-15)24-12-13-11-14(19)7-8-16(13)27-17(20)21;/h2-8,11,17H,9-10,12H2,1H3,(H2,22,23,24);1H. The Morgan fingerprint density at radius 3 is 2.48 bits per heavy atom. The van der Waals surface area contributed by atoms with E-state index in [4.69, 9.17) is 11.6 Å². The lowest BCUT2D eigenvalue weighted by molar-refractivity contribution is -0.0504. The van der Waals surface area contributed by atoms with Gasteiger partial charge in [-0.25, -0.2) is 8.42 Å². The Hall–Kier alpha value is -1.66. The molecule has 6 nitrogen and oxygen atoms in total. The fourth-order valence-corrected chi connectivity index (χ4v) is 3.72. The number of hydrogen-bond donors (Lipinski definition) is 2. The summed E-state index contributed by atoms with van der Waals surface area (Å²) >= 11 is 5.91. The first kappa shape index (κ1) is 25.4. The van der Waals surface area contributed by atoms with E-state index in [0.29, 0.717) is 16.5 Å². The van der Waals surface area contributed by atoms with Gasteiger partial charge in [-0.05, 0) is 30.3 Å². The molecule has 0 amide bonds. The average molecular weight is 560 g/mol. The van der Waals surface area contributed by atoms with E-state index in [0.717, 1.165) is 0 Å². The molecule has 2 aromatic rings. The number of alkyl halides is 2. The summed E-state index contributed by atoms with van der Waals surface area (Å²) < 4.78 is 54.0. The van der Waals surface area contributed by atoms with Crippen LogP contribution < -0.4 is 15.4 Å². The number of hydrogen-bond acceptors (Lipinski definition) is 4. The van der Waals surface area contributed by atoms with E-state index in [1.807, 2.05) is 0 Å². The molecule has 160 valence electrons. The van der Waals surface area contributed by atoms with Crippen LogP contribution in [0.3, 0.4) is 0 Å². The highest BCUT2D eigenvalue weighted by Gasteiger charge is 2.14. The molecular formula is C18H21ClF2IN3O3S. The molecule has 0 aliphatic rings. The maximum Gasteiger partial charge on any atom is 0.387 e. The summed E-state index contributed by atoms with van der Waals surface area (Å²) in [7, 11) is -1.91. The zero-order valence-corrected chi connectivity index (χ0v) is 19.3. The molecule has 0 aliphatic heterocycles. The molecule has 0 aliphatic carbocycles. The number of rotatable bonds is 8. The van der Waals surface area contributed by atoms with Gasteiger partial charge in [0.2, 0.25) is 0 Å². The first-order valence-corrected chi connectivity index (χ1v) is 10.3. The third kappa shape index (κ3) is 8.31. The first-order chi connectivity index (χ1) is 13.3. The molecule has 0 spiro atoms. The van der Waals surface area contributed by atoms with E-state index in [-0.39, 0.29) is 53.5 Å². The van der Waals surface area contributed by atoms with E-state index < -0.39 is 16.4 Å². The average Bonchev–Trinajstić information content (AvgIpc) is 2.66. The lowest BCUT2D eigenvalue weighted by Crippen LogP contribution is -2.39. The van der Waals surface area contributed by atoms with Crippen molar-refractivity contribution in [3.63, 3.8) is 0 Å². The molecule has 0 unspecified atom stereocenters. The predicted octanol–water partition coefficient (Wildman–Crippen LogP) is 3.70. The highest BCUT2D eigenvalue weighted by atomic mass is 127. The van der Waals surface area contributed by atoms with Crippen LogP contribution >= 0.6 is 35.6 Å². The van der Waals surface area contributed by atoms with Crippen LogP contribution in [0, 0.1) is 0 Å². The van der Waals surface area contributed by atoms with E-state index >= 15 is 0 Å². The summed E-state index contributed by atoms with van der Waals surface area (Å²) in [6.07, 6.45) is 0. The molecule has 2 aromatic carbocycles. The van der Waals surface area contributed by atoms with Crippen molar-refractivity contribution in [3.8, 4) is 5.75 Å². The van der Waals surface area contributed by atoms with Crippen LogP contribution in [0.2, 0.25) is 5.02 Å². The zero-order chi connectivity index (χ0) is 20.6. The van der Waals surface area contributed by atoms with Gasteiger partial charge in [0.05, 0.1) is 10.6 Å². The van der Waals surface area contributed by atoms with Gasteiger partial charge in [0.1, 0.15) is 5.75 Å². The van der Waals surface area contributed by atoms with Gasteiger partial charge in [-0.1, -0.05) is 29.8 Å². The normalized spacial score (nSPS) is 11.7. The molecule has 0 bridgehead atoms. The second-order valence-electron chi connectivity index (χ2n) is 5.62. The zero-order valence-electron chi connectivity index (χ0n) is 15.4. The van der Waals surface area contributed by atoms with Gasteiger partial charge in [0.25, 0.3) is 0 Å². The number of benzene rings is 2. The van der Waals surface area contributed by atoms with Crippen molar-refractivity contribution in [2.45, 2.75) is 18.1 Å². The Morgan fingerprint density at radius 1 is 1.17 bits per heavy atom. The van der Waals surface area contributed by atoms with Crippen molar-refractivity contribution in [2.75, 3.05) is 19.3 Å². The Morgan fingerprint density at radius 2 is 1.86 bits per heavy atom. The predicted molar refractivity (Wildman–Crippen MR) is 120 cm³/mol. The maximum atomic E-state index is 12.5. The van der Waals surface area contributed by atoms with Crippen molar-refractivity contribution >= 4 is 51.4 Å². The number of guanidine groups is 1. The van der Waals surface area contributed by atoms with Crippen molar-refractivity contribution in [3.05, 3.63) is 59.1 Å². The van der Waals surface area contributed by atoms with Crippen LogP contribution in [0.25, 0.3) is 0 Å². The van der Waals surface area contributed by atoms with Gasteiger partial charge >= 0.3 is 6.61 Å². The lowest BCUT2D eigenvalue weighted by atomic mass is 10.2. The summed E-state index contributed by atoms with van der Waals surface area (Å²) in [5, 5.41) is 6.16. The van der Waals surface area contributed by atoms with Gasteiger partial charge in [0.15, 0.2) is 15.8 Å². The summed E-state index contributed by atoms with van der Waals surface area (Å²) in [4.78, 5) is 4.23. The van der Waals surface area contributed by atoms with E-state index in [1.54, 1.807) is 18.2 Å². The molecule has 0 fully saturated rings. The van der Waals surface area contributed by atoms with Crippen LogP contribution in [-0.4, -0.2) is 40.3 Å². The number of aliphatic imine (C=N–C) groups is 1. The quantitative estimate of drug-likeness (QED) is 0.293. The van der Waals surface area contributed by atoms with Gasteiger partial charge in [-0.2, -0.15) is 8.78 Å². The number of nitrogens with one attached hydrogen (secondary N) is 2. The highest BCUT2D eigenvalue weighted by Crippen LogP contribution is 2.24. The smallest absolute Gasteiger partial charge is 0.387 e. The van der Waals surface area contributed by atoms with E-state index in [9.17, 15) is 17.2 Å². The number of sulfone groups is 1. The fourth-order valence-electron chi connectivity index (χ4n) is 2.35. The molecule has 11 heteroatoms. The molecular weight excluding hydrogens is 539 g/mol. The second-order valence-corrected chi connectivity index (χ2v) is 8.16. The monoisotopic (exact) mass is 559 g/mol. The van der Waals surface area contributed by atoms with Crippen LogP contribution in [0.1, 0.15) is 5.56 Å². The van der Waals surface area contributed by atoms with E-state index in [2.05, 4.69) is 20.4 Å². The SMILES string of the molecule is CN=C(NCCS(=O)(=O)c1ccccc1)NCc1cc(Cl)ccc1OC(F)F.I. The van der Waals surface area contributed by atoms with Crippen molar-refractivity contribution in [1.82, 2.24) is 10.6 Å². The first-order valence-electron chi connectivity index (χ1n) is 8.27. The van der Waals surface area contributed by atoms with Gasteiger partial charge in [0, 0.05) is 30.7 Å². The van der Waals surface area contributed by atoms with Gasteiger partial charge in [-0.15, -0.1) is 24.0 Å². The summed E-state index contributed by atoms with van der Waals surface area (Å²) in [5.74, 6) is 0.175.